The molecular weight excluding hydrogens is 180 g/mol. The van der Waals surface area contributed by atoms with Gasteiger partial charge in [-0.15, -0.1) is 11.3 Å². The molecule has 11 heavy (non-hydrogen) atoms. The summed E-state index contributed by atoms with van der Waals surface area (Å²) in [7, 11) is 0. The van der Waals surface area contributed by atoms with Crippen LogP contribution in [0.2, 0.25) is 0 Å². The third-order valence-electron chi connectivity index (χ3n) is 0.736. The second-order valence-corrected chi connectivity index (χ2v) is 3.10. The van der Waals surface area contributed by atoms with E-state index in [-0.39, 0.29) is 0 Å². The van der Waals surface area contributed by atoms with E-state index in [0.29, 0.717) is 0 Å². The summed E-state index contributed by atoms with van der Waals surface area (Å²) >= 11 is 5.83. The van der Waals surface area contributed by atoms with E-state index in [4.69, 9.17) is 9.90 Å². The van der Waals surface area contributed by atoms with E-state index in [2.05, 4.69) is 24.1 Å². The van der Waals surface area contributed by atoms with Crippen molar-refractivity contribution in [3.63, 3.8) is 0 Å². The van der Waals surface area contributed by atoms with Crippen LogP contribution in [0.3, 0.4) is 0 Å². The van der Waals surface area contributed by atoms with E-state index < -0.39 is 5.97 Å². The number of thiol groups is 1. The quantitative estimate of drug-likeness (QED) is 0.667. The molecule has 0 aliphatic rings. The van der Waals surface area contributed by atoms with E-state index in [9.17, 15) is 0 Å². The first-order chi connectivity index (χ1) is 5.16. The molecule has 0 radical (unpaired) electrons. The lowest BCUT2D eigenvalue weighted by Gasteiger charge is -1.78. The van der Waals surface area contributed by atoms with Crippen LogP contribution < -0.4 is 0 Å². The Hall–Kier alpha value is -0.480. The van der Waals surface area contributed by atoms with Gasteiger partial charge in [0.1, 0.15) is 0 Å². The maximum Gasteiger partial charge on any atom is 0.300 e. The fraction of sp³-hybridized carbons (Fsp3) is 0.286. The van der Waals surface area contributed by atoms with Gasteiger partial charge in [-0.2, -0.15) is 12.6 Å². The molecule has 0 aliphatic carbocycles. The first-order valence-electron chi connectivity index (χ1n) is 2.99. The molecular formula is C7H10O2S2. The molecule has 0 aromatic carbocycles. The van der Waals surface area contributed by atoms with Gasteiger partial charge >= 0.3 is 0 Å². The lowest BCUT2D eigenvalue weighted by molar-refractivity contribution is -0.134. The summed E-state index contributed by atoms with van der Waals surface area (Å²) in [5, 5.41) is 9.48. The van der Waals surface area contributed by atoms with Crippen LogP contribution in [0.5, 0.6) is 0 Å². The van der Waals surface area contributed by atoms with Crippen molar-refractivity contribution in [2.45, 2.75) is 12.7 Å². The molecule has 0 fully saturated rings. The van der Waals surface area contributed by atoms with Crippen LogP contribution in [0.1, 0.15) is 11.8 Å². The minimum atomic E-state index is -0.833. The highest BCUT2D eigenvalue weighted by Crippen LogP contribution is 2.09. The maximum atomic E-state index is 9.00. The van der Waals surface area contributed by atoms with Crippen LogP contribution >= 0.6 is 24.0 Å². The van der Waals surface area contributed by atoms with Gasteiger partial charge in [-0.3, -0.25) is 4.79 Å². The van der Waals surface area contributed by atoms with Crippen molar-refractivity contribution in [2.75, 3.05) is 0 Å². The van der Waals surface area contributed by atoms with Crippen LogP contribution in [0.4, 0.5) is 0 Å². The zero-order valence-electron chi connectivity index (χ0n) is 6.15. The lowest BCUT2D eigenvalue weighted by Crippen LogP contribution is -1.78. The van der Waals surface area contributed by atoms with Crippen molar-refractivity contribution in [3.8, 4) is 0 Å². The highest BCUT2D eigenvalue weighted by atomic mass is 32.1. The molecule has 0 amide bonds. The average Bonchev–Trinajstić information content (AvgIpc) is 2.36. The van der Waals surface area contributed by atoms with Crippen molar-refractivity contribution in [1.29, 1.82) is 0 Å². The van der Waals surface area contributed by atoms with E-state index in [1.165, 1.54) is 4.88 Å². The predicted octanol–water partition coefficient (Wildman–Crippen LogP) is 2.27. The minimum absolute atomic E-state index is 0.833. The summed E-state index contributed by atoms with van der Waals surface area (Å²) in [6.07, 6.45) is 0. The molecule has 2 nitrogen and oxygen atoms in total. The summed E-state index contributed by atoms with van der Waals surface area (Å²) in [5.74, 6) is 0.0394. The molecule has 0 unspecified atom stereocenters. The van der Waals surface area contributed by atoms with Crippen molar-refractivity contribution in [3.05, 3.63) is 22.4 Å². The number of carboxylic acid groups (broad SMARTS) is 1. The predicted molar refractivity (Wildman–Crippen MR) is 50.3 cm³/mol. The van der Waals surface area contributed by atoms with E-state index in [1.54, 1.807) is 11.3 Å². The number of hydrogen-bond acceptors (Lipinski definition) is 3. The third kappa shape index (κ3) is 7.42. The van der Waals surface area contributed by atoms with Gasteiger partial charge < -0.3 is 5.11 Å². The molecule has 1 aromatic heterocycles. The minimum Gasteiger partial charge on any atom is -0.481 e. The SMILES string of the molecule is CC(=O)O.SCc1cccs1. The van der Waals surface area contributed by atoms with Crippen molar-refractivity contribution in [2.24, 2.45) is 0 Å². The summed E-state index contributed by atoms with van der Waals surface area (Å²) in [5.41, 5.74) is 0. The number of rotatable bonds is 1. The Morgan fingerprint density at radius 2 is 2.36 bits per heavy atom. The van der Waals surface area contributed by atoms with Crippen molar-refractivity contribution >= 4 is 29.9 Å². The second-order valence-electron chi connectivity index (χ2n) is 1.76. The van der Waals surface area contributed by atoms with Crippen molar-refractivity contribution < 1.29 is 9.90 Å². The molecule has 0 saturated carbocycles. The average molecular weight is 190 g/mol. The highest BCUT2D eigenvalue weighted by molar-refractivity contribution is 7.79. The number of carboxylic acids is 1. The van der Waals surface area contributed by atoms with Gasteiger partial charge in [-0.05, 0) is 11.4 Å². The Balaban J connectivity index is 0.000000218. The molecule has 0 atom stereocenters. The molecule has 0 saturated heterocycles. The van der Waals surface area contributed by atoms with Gasteiger partial charge in [0.05, 0.1) is 0 Å². The van der Waals surface area contributed by atoms with Crippen LogP contribution in [-0.4, -0.2) is 11.1 Å². The normalized spacial score (nSPS) is 8.18. The zero-order chi connectivity index (χ0) is 8.69. The fourth-order valence-corrected chi connectivity index (χ4v) is 1.30. The van der Waals surface area contributed by atoms with Gasteiger partial charge in [-0.1, -0.05) is 6.07 Å². The zero-order valence-corrected chi connectivity index (χ0v) is 7.86. The molecule has 0 bridgehead atoms. The largest absolute Gasteiger partial charge is 0.481 e. The van der Waals surface area contributed by atoms with Crippen molar-refractivity contribution in [1.82, 2.24) is 0 Å². The number of hydrogen-bond donors (Lipinski definition) is 2. The van der Waals surface area contributed by atoms with Gasteiger partial charge in [0.15, 0.2) is 0 Å². The van der Waals surface area contributed by atoms with E-state index in [1.807, 2.05) is 6.07 Å². The topological polar surface area (TPSA) is 37.3 Å². The molecule has 1 N–H and O–H groups in total. The highest BCUT2D eigenvalue weighted by Gasteiger charge is 1.83. The molecule has 4 heteroatoms. The standard InChI is InChI=1S/C5H6S2.C2H4O2/c6-4-5-2-1-3-7-5;1-2(3)4/h1-3,6H,4H2;1H3,(H,3,4). The summed E-state index contributed by atoms with van der Waals surface area (Å²) in [6.45, 7) is 1.08. The summed E-state index contributed by atoms with van der Waals surface area (Å²) in [6, 6.07) is 4.12. The molecule has 0 spiro atoms. The number of thiophene rings is 1. The summed E-state index contributed by atoms with van der Waals surface area (Å²) in [4.78, 5) is 10.3. The van der Waals surface area contributed by atoms with Crippen LogP contribution in [0.15, 0.2) is 17.5 Å². The first kappa shape index (κ1) is 10.5. The maximum absolute atomic E-state index is 9.00. The number of carbonyl (C=O) groups is 1. The van der Waals surface area contributed by atoms with Gasteiger partial charge in [0, 0.05) is 17.6 Å². The Kier molecular flexibility index (Phi) is 5.97. The van der Waals surface area contributed by atoms with Crippen LogP contribution in [0, 0.1) is 0 Å². The first-order valence-corrected chi connectivity index (χ1v) is 4.50. The Labute approximate surface area is 75.3 Å². The molecule has 1 heterocycles. The molecule has 1 aromatic rings. The smallest absolute Gasteiger partial charge is 0.300 e. The fourth-order valence-electron chi connectivity index (χ4n) is 0.403. The lowest BCUT2D eigenvalue weighted by atomic mass is 10.5. The van der Waals surface area contributed by atoms with Gasteiger partial charge in [-0.25, -0.2) is 0 Å². The second kappa shape index (κ2) is 6.24. The molecule has 62 valence electrons. The molecule has 0 aliphatic heterocycles. The number of aliphatic carboxylic acids is 1. The van der Waals surface area contributed by atoms with Crippen LogP contribution in [-0.2, 0) is 10.5 Å². The Bertz CT molecular complexity index is 190. The summed E-state index contributed by atoms with van der Waals surface area (Å²) < 4.78 is 0. The Morgan fingerprint density at radius 1 is 1.82 bits per heavy atom. The van der Waals surface area contributed by atoms with Crippen LogP contribution in [0.25, 0.3) is 0 Å². The van der Waals surface area contributed by atoms with Gasteiger partial charge in [0.25, 0.3) is 5.97 Å². The molecule has 1 rings (SSSR count). The van der Waals surface area contributed by atoms with E-state index in [0.717, 1.165) is 12.7 Å². The Morgan fingerprint density at radius 3 is 2.55 bits per heavy atom. The monoisotopic (exact) mass is 190 g/mol. The third-order valence-corrected chi connectivity index (χ3v) is 2.17. The van der Waals surface area contributed by atoms with Gasteiger partial charge in [0.2, 0.25) is 0 Å². The van der Waals surface area contributed by atoms with E-state index >= 15 is 0 Å².